The van der Waals surface area contributed by atoms with Crippen molar-refractivity contribution in [2.75, 3.05) is 0 Å². The minimum absolute atomic E-state index is 0.254. The van der Waals surface area contributed by atoms with Crippen LogP contribution in [0.1, 0.15) is 0 Å². The highest BCUT2D eigenvalue weighted by Crippen LogP contribution is 2.14. The Bertz CT molecular complexity index is 370. The van der Waals surface area contributed by atoms with Crippen LogP contribution in [0.2, 0.25) is 0 Å². The molecule has 1 aromatic heterocycles. The predicted octanol–water partition coefficient (Wildman–Crippen LogP) is 1.73. The van der Waals surface area contributed by atoms with Gasteiger partial charge in [0.2, 0.25) is 0 Å². The minimum atomic E-state index is -0.275. The van der Waals surface area contributed by atoms with Gasteiger partial charge in [-0.1, -0.05) is 24.3 Å². The van der Waals surface area contributed by atoms with Crippen LogP contribution in [-0.2, 0) is 4.79 Å². The summed E-state index contributed by atoms with van der Waals surface area (Å²) < 4.78 is 5.09. The summed E-state index contributed by atoms with van der Waals surface area (Å²) in [7, 11) is 0. The molecule has 1 aliphatic carbocycles. The van der Waals surface area contributed by atoms with E-state index in [2.05, 4.69) is 4.98 Å². The van der Waals surface area contributed by atoms with E-state index in [0.717, 1.165) is 0 Å². The number of aromatic nitrogens is 1. The van der Waals surface area contributed by atoms with Crippen molar-refractivity contribution in [1.82, 2.24) is 4.98 Å². The zero-order chi connectivity index (χ0) is 9.80. The Kier molecular flexibility index (Phi) is 2.40. The number of carbonyl (C=O) groups excluding carboxylic acids is 1. The lowest BCUT2D eigenvalue weighted by Gasteiger charge is -2.05. The number of esters is 1. The summed E-state index contributed by atoms with van der Waals surface area (Å²) in [4.78, 5) is 15.3. The number of hydrogen-bond acceptors (Lipinski definition) is 3. The van der Waals surface area contributed by atoms with E-state index in [9.17, 15) is 4.79 Å². The lowest BCUT2D eigenvalue weighted by Crippen LogP contribution is -2.15. The SMILES string of the molecule is O=C(Oc1cccnc1)C1C=CC=C1. The molecular formula is C11H9NO2. The largest absolute Gasteiger partial charge is 0.424 e. The van der Waals surface area contributed by atoms with Gasteiger partial charge in [0, 0.05) is 6.20 Å². The average molecular weight is 187 g/mol. The van der Waals surface area contributed by atoms with E-state index < -0.39 is 0 Å². The maximum Gasteiger partial charge on any atom is 0.322 e. The lowest BCUT2D eigenvalue weighted by molar-refractivity contribution is -0.135. The fraction of sp³-hybridized carbons (Fsp3) is 0.0909. The molecule has 0 saturated carbocycles. The molecule has 3 heteroatoms. The fourth-order valence-electron chi connectivity index (χ4n) is 1.18. The van der Waals surface area contributed by atoms with E-state index in [1.165, 1.54) is 6.20 Å². The summed E-state index contributed by atoms with van der Waals surface area (Å²) in [6.45, 7) is 0. The van der Waals surface area contributed by atoms with Crippen LogP contribution in [0.5, 0.6) is 5.75 Å². The van der Waals surface area contributed by atoms with E-state index in [1.807, 2.05) is 12.2 Å². The normalized spacial score (nSPS) is 14.6. The van der Waals surface area contributed by atoms with Crippen LogP contribution in [0.15, 0.2) is 48.8 Å². The minimum Gasteiger partial charge on any atom is -0.424 e. The zero-order valence-corrected chi connectivity index (χ0v) is 7.46. The predicted molar refractivity (Wildman–Crippen MR) is 51.6 cm³/mol. The van der Waals surface area contributed by atoms with Crippen LogP contribution in [0.3, 0.4) is 0 Å². The Morgan fingerprint density at radius 3 is 2.79 bits per heavy atom. The highest BCUT2D eigenvalue weighted by Gasteiger charge is 2.16. The smallest absolute Gasteiger partial charge is 0.322 e. The number of ether oxygens (including phenoxy) is 1. The van der Waals surface area contributed by atoms with Crippen LogP contribution in [-0.4, -0.2) is 11.0 Å². The van der Waals surface area contributed by atoms with E-state index >= 15 is 0 Å². The lowest BCUT2D eigenvalue weighted by atomic mass is 10.2. The van der Waals surface area contributed by atoms with Crippen molar-refractivity contribution < 1.29 is 9.53 Å². The standard InChI is InChI=1S/C11H9NO2/c13-11(9-4-1-2-5-9)14-10-6-3-7-12-8-10/h1-9H. The molecule has 0 aromatic carbocycles. The molecule has 0 radical (unpaired) electrons. The van der Waals surface area contributed by atoms with Crippen LogP contribution < -0.4 is 4.74 Å². The summed E-state index contributed by atoms with van der Waals surface area (Å²) in [5, 5.41) is 0. The molecule has 0 N–H and O–H groups in total. The molecular weight excluding hydrogens is 178 g/mol. The van der Waals surface area contributed by atoms with Crippen molar-refractivity contribution in [3.63, 3.8) is 0 Å². The molecule has 14 heavy (non-hydrogen) atoms. The van der Waals surface area contributed by atoms with E-state index in [4.69, 9.17) is 4.74 Å². The first kappa shape index (κ1) is 8.69. The first-order valence-electron chi connectivity index (χ1n) is 4.33. The van der Waals surface area contributed by atoms with Gasteiger partial charge < -0.3 is 4.74 Å². The first-order chi connectivity index (χ1) is 6.86. The third-order valence-corrected chi connectivity index (χ3v) is 1.87. The van der Waals surface area contributed by atoms with E-state index in [1.54, 1.807) is 30.5 Å². The van der Waals surface area contributed by atoms with Gasteiger partial charge in [-0.15, -0.1) is 0 Å². The third-order valence-electron chi connectivity index (χ3n) is 1.87. The Labute approximate surface area is 81.7 Å². The summed E-state index contributed by atoms with van der Waals surface area (Å²) in [6, 6.07) is 3.43. The molecule has 1 aromatic rings. The second kappa shape index (κ2) is 3.87. The maximum atomic E-state index is 11.5. The molecule has 0 fully saturated rings. The molecule has 0 unspecified atom stereocenters. The summed E-state index contributed by atoms with van der Waals surface area (Å²) in [5.74, 6) is -0.0515. The van der Waals surface area contributed by atoms with Gasteiger partial charge in [0.15, 0.2) is 0 Å². The van der Waals surface area contributed by atoms with Gasteiger partial charge in [-0.2, -0.15) is 0 Å². The van der Waals surface area contributed by atoms with E-state index in [-0.39, 0.29) is 11.9 Å². The molecule has 3 nitrogen and oxygen atoms in total. The van der Waals surface area contributed by atoms with Crippen LogP contribution in [0.4, 0.5) is 0 Å². The highest BCUT2D eigenvalue weighted by molar-refractivity contribution is 5.79. The number of carbonyl (C=O) groups is 1. The molecule has 0 bridgehead atoms. The Hall–Kier alpha value is -1.90. The molecule has 1 aliphatic rings. The zero-order valence-electron chi connectivity index (χ0n) is 7.46. The fourth-order valence-corrected chi connectivity index (χ4v) is 1.18. The third kappa shape index (κ3) is 1.88. The molecule has 70 valence electrons. The van der Waals surface area contributed by atoms with Crippen LogP contribution >= 0.6 is 0 Å². The van der Waals surface area contributed by atoms with Crippen molar-refractivity contribution in [2.45, 2.75) is 0 Å². The molecule has 0 saturated heterocycles. The number of rotatable bonds is 2. The van der Waals surface area contributed by atoms with Gasteiger partial charge in [0.25, 0.3) is 0 Å². The highest BCUT2D eigenvalue weighted by atomic mass is 16.5. The average Bonchev–Trinajstić information content (AvgIpc) is 2.72. The van der Waals surface area contributed by atoms with Crippen molar-refractivity contribution in [2.24, 2.45) is 5.92 Å². The van der Waals surface area contributed by atoms with Crippen molar-refractivity contribution >= 4 is 5.97 Å². The van der Waals surface area contributed by atoms with Crippen LogP contribution in [0, 0.1) is 5.92 Å². The van der Waals surface area contributed by atoms with Gasteiger partial charge in [-0.3, -0.25) is 9.78 Å². The molecule has 1 heterocycles. The molecule has 0 spiro atoms. The van der Waals surface area contributed by atoms with Gasteiger partial charge in [-0.25, -0.2) is 0 Å². The topological polar surface area (TPSA) is 39.2 Å². The summed E-state index contributed by atoms with van der Waals surface area (Å²) in [6.07, 6.45) is 10.4. The molecule has 2 rings (SSSR count). The monoisotopic (exact) mass is 187 g/mol. The maximum absolute atomic E-state index is 11.5. The van der Waals surface area contributed by atoms with Crippen molar-refractivity contribution in [1.29, 1.82) is 0 Å². The first-order valence-corrected chi connectivity index (χ1v) is 4.33. The summed E-state index contributed by atoms with van der Waals surface area (Å²) >= 11 is 0. The van der Waals surface area contributed by atoms with Crippen molar-refractivity contribution in [3.05, 3.63) is 48.8 Å². The molecule has 0 atom stereocenters. The Balaban J connectivity index is 2.02. The number of hydrogen-bond donors (Lipinski definition) is 0. The second-order valence-corrected chi connectivity index (χ2v) is 2.91. The Morgan fingerprint density at radius 1 is 1.36 bits per heavy atom. The van der Waals surface area contributed by atoms with Gasteiger partial charge in [0.1, 0.15) is 5.75 Å². The van der Waals surface area contributed by atoms with Gasteiger partial charge in [0.05, 0.1) is 12.1 Å². The van der Waals surface area contributed by atoms with Crippen molar-refractivity contribution in [3.8, 4) is 5.75 Å². The molecule has 0 amide bonds. The van der Waals surface area contributed by atoms with Gasteiger partial charge >= 0.3 is 5.97 Å². The van der Waals surface area contributed by atoms with E-state index in [0.29, 0.717) is 5.75 Å². The summed E-state index contributed by atoms with van der Waals surface area (Å²) in [5.41, 5.74) is 0. The number of nitrogens with zero attached hydrogens (tertiary/aromatic N) is 1. The number of allylic oxidation sites excluding steroid dienone is 2. The van der Waals surface area contributed by atoms with Crippen LogP contribution in [0.25, 0.3) is 0 Å². The van der Waals surface area contributed by atoms with Gasteiger partial charge in [-0.05, 0) is 12.1 Å². The second-order valence-electron chi connectivity index (χ2n) is 2.91. The molecule has 0 aliphatic heterocycles. The number of pyridine rings is 1. The Morgan fingerprint density at radius 2 is 2.14 bits per heavy atom. The quantitative estimate of drug-likeness (QED) is 0.662.